The minimum Gasteiger partial charge on any atom is -0.423 e. The van der Waals surface area contributed by atoms with Crippen molar-refractivity contribution in [1.29, 1.82) is 0 Å². The summed E-state index contributed by atoms with van der Waals surface area (Å²) in [5.74, 6) is -0.0941. The van der Waals surface area contributed by atoms with Gasteiger partial charge >= 0.3 is 5.63 Å². The summed E-state index contributed by atoms with van der Waals surface area (Å²) in [5.41, 5.74) is 1.06. The van der Waals surface area contributed by atoms with Crippen LogP contribution in [-0.2, 0) is 6.42 Å². The molecule has 1 heterocycles. The molecular formula is C21H14O3. The van der Waals surface area contributed by atoms with Gasteiger partial charge in [0.25, 0.3) is 0 Å². The van der Waals surface area contributed by atoms with E-state index in [1.165, 1.54) is 0 Å². The van der Waals surface area contributed by atoms with Gasteiger partial charge in [0.1, 0.15) is 5.58 Å². The Bertz CT molecular complexity index is 1120. The minimum absolute atomic E-state index is 0.0332. The first kappa shape index (κ1) is 14.4. The molecule has 0 saturated heterocycles. The van der Waals surface area contributed by atoms with E-state index >= 15 is 0 Å². The monoisotopic (exact) mass is 314 g/mol. The van der Waals surface area contributed by atoms with E-state index in [4.69, 9.17) is 4.42 Å². The van der Waals surface area contributed by atoms with Crippen LogP contribution in [0.2, 0.25) is 0 Å². The summed E-state index contributed by atoms with van der Waals surface area (Å²) in [6, 6.07) is 22.5. The van der Waals surface area contributed by atoms with Gasteiger partial charge in [-0.3, -0.25) is 4.79 Å². The fourth-order valence-corrected chi connectivity index (χ4v) is 2.87. The van der Waals surface area contributed by atoms with E-state index in [1.54, 1.807) is 18.2 Å². The molecule has 24 heavy (non-hydrogen) atoms. The van der Waals surface area contributed by atoms with Crippen molar-refractivity contribution < 1.29 is 9.21 Å². The molecule has 116 valence electrons. The molecule has 4 aromatic rings. The number of rotatable bonds is 3. The van der Waals surface area contributed by atoms with Crippen molar-refractivity contribution in [1.82, 2.24) is 0 Å². The fourth-order valence-electron chi connectivity index (χ4n) is 2.87. The van der Waals surface area contributed by atoms with E-state index in [9.17, 15) is 9.59 Å². The van der Waals surface area contributed by atoms with E-state index < -0.39 is 5.63 Å². The third kappa shape index (κ3) is 2.61. The molecule has 0 aliphatic rings. The van der Waals surface area contributed by atoms with E-state index in [0.29, 0.717) is 16.7 Å². The first-order valence-corrected chi connectivity index (χ1v) is 7.74. The third-order valence-corrected chi connectivity index (χ3v) is 4.14. The zero-order valence-corrected chi connectivity index (χ0v) is 12.9. The standard InChI is InChI=1S/C21H14O3/c22-19(16-10-9-14-5-1-2-6-15(14)11-16)13-18-12-17-7-3-4-8-20(17)24-21(18)23/h1-12H,13H2. The van der Waals surface area contributed by atoms with E-state index in [-0.39, 0.29) is 12.2 Å². The highest BCUT2D eigenvalue weighted by molar-refractivity contribution is 6.01. The summed E-state index contributed by atoms with van der Waals surface area (Å²) in [5, 5.41) is 2.91. The van der Waals surface area contributed by atoms with Crippen molar-refractivity contribution in [3.05, 3.63) is 94.3 Å². The molecule has 1 aromatic heterocycles. The van der Waals surface area contributed by atoms with Crippen molar-refractivity contribution >= 4 is 27.5 Å². The summed E-state index contributed by atoms with van der Waals surface area (Å²) in [7, 11) is 0. The first-order valence-electron chi connectivity index (χ1n) is 7.74. The predicted molar refractivity (Wildman–Crippen MR) is 94.5 cm³/mol. The molecule has 0 bridgehead atoms. The molecule has 0 saturated carbocycles. The number of para-hydroxylation sites is 1. The fraction of sp³-hybridized carbons (Fsp3) is 0.0476. The van der Waals surface area contributed by atoms with Crippen LogP contribution in [0.4, 0.5) is 0 Å². The van der Waals surface area contributed by atoms with Gasteiger partial charge in [-0.05, 0) is 29.0 Å². The Balaban J connectivity index is 1.70. The van der Waals surface area contributed by atoms with Crippen LogP contribution in [0.5, 0.6) is 0 Å². The number of Topliss-reactive ketones (excluding diaryl/α,β-unsaturated/α-hetero) is 1. The normalized spacial score (nSPS) is 11.0. The van der Waals surface area contributed by atoms with Crippen LogP contribution in [0.1, 0.15) is 15.9 Å². The van der Waals surface area contributed by atoms with E-state index in [0.717, 1.165) is 16.2 Å². The molecule has 0 N–H and O–H groups in total. The SMILES string of the molecule is O=C(Cc1cc2ccccc2oc1=O)c1ccc2ccccc2c1. The lowest BCUT2D eigenvalue weighted by Crippen LogP contribution is -2.13. The van der Waals surface area contributed by atoms with Crippen molar-refractivity contribution in [2.75, 3.05) is 0 Å². The summed E-state index contributed by atoms with van der Waals surface area (Å²) >= 11 is 0. The van der Waals surface area contributed by atoms with E-state index in [2.05, 4.69) is 0 Å². The largest absolute Gasteiger partial charge is 0.423 e. The van der Waals surface area contributed by atoms with Crippen molar-refractivity contribution in [2.24, 2.45) is 0 Å². The highest BCUT2D eigenvalue weighted by atomic mass is 16.4. The van der Waals surface area contributed by atoms with Gasteiger partial charge in [-0.2, -0.15) is 0 Å². The van der Waals surface area contributed by atoms with Gasteiger partial charge in [0.2, 0.25) is 0 Å². The second kappa shape index (κ2) is 5.78. The number of carbonyl (C=O) groups is 1. The molecule has 0 fully saturated rings. The number of fused-ring (bicyclic) bond motifs is 2. The molecule has 0 aliphatic heterocycles. The summed E-state index contributed by atoms with van der Waals surface area (Å²) in [4.78, 5) is 24.7. The predicted octanol–water partition coefficient (Wildman–Crippen LogP) is 4.37. The molecule has 0 radical (unpaired) electrons. The number of benzene rings is 3. The molecule has 0 atom stereocenters. The third-order valence-electron chi connectivity index (χ3n) is 4.14. The number of hydrogen-bond donors (Lipinski definition) is 0. The highest BCUT2D eigenvalue weighted by Crippen LogP contribution is 2.18. The Kier molecular flexibility index (Phi) is 3.47. The molecule has 0 amide bonds. The van der Waals surface area contributed by atoms with Crippen molar-refractivity contribution in [2.45, 2.75) is 6.42 Å². The van der Waals surface area contributed by atoms with Crippen molar-refractivity contribution in [3.63, 3.8) is 0 Å². The maximum atomic E-state index is 12.6. The van der Waals surface area contributed by atoms with Gasteiger partial charge in [-0.1, -0.05) is 54.6 Å². The van der Waals surface area contributed by atoms with Gasteiger partial charge < -0.3 is 4.42 Å². The average Bonchev–Trinajstić information content (AvgIpc) is 2.62. The maximum absolute atomic E-state index is 12.6. The Morgan fingerprint density at radius 1 is 0.792 bits per heavy atom. The number of hydrogen-bond acceptors (Lipinski definition) is 3. The average molecular weight is 314 g/mol. The van der Waals surface area contributed by atoms with E-state index in [1.807, 2.05) is 54.6 Å². The second-order valence-electron chi connectivity index (χ2n) is 5.76. The Labute approximate surface area is 138 Å². The van der Waals surface area contributed by atoms with Crippen LogP contribution in [0, 0.1) is 0 Å². The van der Waals surface area contributed by atoms with Crippen LogP contribution < -0.4 is 5.63 Å². The Hall–Kier alpha value is -3.20. The van der Waals surface area contributed by atoms with Gasteiger partial charge in [0.05, 0.1) is 0 Å². The van der Waals surface area contributed by atoms with Gasteiger partial charge in [-0.15, -0.1) is 0 Å². The highest BCUT2D eigenvalue weighted by Gasteiger charge is 2.12. The zero-order chi connectivity index (χ0) is 16.5. The quantitative estimate of drug-likeness (QED) is 0.417. The van der Waals surface area contributed by atoms with Crippen LogP contribution in [0.3, 0.4) is 0 Å². The lowest BCUT2D eigenvalue weighted by atomic mass is 10.0. The number of ketones is 1. The molecule has 3 nitrogen and oxygen atoms in total. The molecule has 0 spiro atoms. The van der Waals surface area contributed by atoms with Crippen molar-refractivity contribution in [3.8, 4) is 0 Å². The van der Waals surface area contributed by atoms with Gasteiger partial charge in [0, 0.05) is 22.9 Å². The van der Waals surface area contributed by atoms with Crippen LogP contribution in [-0.4, -0.2) is 5.78 Å². The molecule has 0 aliphatic carbocycles. The van der Waals surface area contributed by atoms with Gasteiger partial charge in [0.15, 0.2) is 5.78 Å². The molecular weight excluding hydrogens is 300 g/mol. The number of carbonyl (C=O) groups excluding carboxylic acids is 1. The Morgan fingerprint density at radius 2 is 1.50 bits per heavy atom. The lowest BCUT2D eigenvalue weighted by Gasteiger charge is -2.04. The lowest BCUT2D eigenvalue weighted by molar-refractivity contribution is 0.0992. The molecule has 3 heteroatoms. The molecule has 3 aromatic carbocycles. The topological polar surface area (TPSA) is 47.3 Å². The maximum Gasteiger partial charge on any atom is 0.339 e. The smallest absolute Gasteiger partial charge is 0.339 e. The first-order chi connectivity index (χ1) is 11.7. The zero-order valence-electron chi connectivity index (χ0n) is 12.9. The van der Waals surface area contributed by atoms with Crippen LogP contribution in [0.25, 0.3) is 21.7 Å². The molecule has 4 rings (SSSR count). The molecule has 0 unspecified atom stereocenters. The summed E-state index contributed by atoms with van der Waals surface area (Å²) in [6.45, 7) is 0. The minimum atomic E-state index is -0.456. The van der Waals surface area contributed by atoms with Gasteiger partial charge in [-0.25, -0.2) is 4.79 Å². The van der Waals surface area contributed by atoms with Crippen LogP contribution in [0.15, 0.2) is 82.0 Å². The Morgan fingerprint density at radius 3 is 2.33 bits per heavy atom. The second-order valence-corrected chi connectivity index (χ2v) is 5.76. The summed E-state index contributed by atoms with van der Waals surface area (Å²) < 4.78 is 5.29. The summed E-state index contributed by atoms with van der Waals surface area (Å²) in [6.07, 6.45) is 0.0332. The van der Waals surface area contributed by atoms with Crippen LogP contribution >= 0.6 is 0 Å².